The molecule has 2 fully saturated rings. The fraction of sp³-hybridized carbons (Fsp3) is 0.917. The van der Waals surface area contributed by atoms with Crippen molar-refractivity contribution in [1.29, 1.82) is 0 Å². The number of amides is 1. The molecule has 6 nitrogen and oxygen atoms in total. The summed E-state index contributed by atoms with van der Waals surface area (Å²) in [4.78, 5) is 13.5. The third-order valence-electron chi connectivity index (χ3n) is 3.46. The second kappa shape index (κ2) is 4.63. The average Bonchev–Trinajstić information content (AvgIpc) is 2.17. The van der Waals surface area contributed by atoms with Crippen LogP contribution in [-0.2, 0) is 14.6 Å². The molecule has 0 aromatic rings. The molecule has 0 aromatic heterocycles. The summed E-state index contributed by atoms with van der Waals surface area (Å²) in [5.41, 5.74) is -0.575. The number of nitrogens with zero attached hydrogens (tertiary/aromatic N) is 1. The van der Waals surface area contributed by atoms with Gasteiger partial charge in [0.25, 0.3) is 0 Å². The Labute approximate surface area is 113 Å². The zero-order chi connectivity index (χ0) is 14.4. The van der Waals surface area contributed by atoms with Crippen LogP contribution in [0.5, 0.6) is 0 Å². The number of sulfone groups is 1. The van der Waals surface area contributed by atoms with E-state index in [-0.39, 0.29) is 24.6 Å². The van der Waals surface area contributed by atoms with Gasteiger partial charge in [-0.1, -0.05) is 0 Å². The van der Waals surface area contributed by atoms with Crippen molar-refractivity contribution in [3.63, 3.8) is 0 Å². The summed E-state index contributed by atoms with van der Waals surface area (Å²) < 4.78 is 28.6. The van der Waals surface area contributed by atoms with Crippen molar-refractivity contribution >= 4 is 15.9 Å². The maximum atomic E-state index is 12.0. The Morgan fingerprint density at radius 3 is 2.11 bits per heavy atom. The molecule has 19 heavy (non-hydrogen) atoms. The topological polar surface area (TPSA) is 83.9 Å². The Bertz CT molecular complexity index is 445. The number of hydrogen-bond donors (Lipinski definition) is 1. The summed E-state index contributed by atoms with van der Waals surface area (Å²) in [5, 5.41) is 10.0. The standard InChI is InChI=1S/C12H21NO5S/c1-12(2,3)18-11(15)13-4-8-6-19(16,17)7-9(5-13)10(8)14/h8-10,14H,4-7H2,1-3H3. The number of rotatable bonds is 0. The van der Waals surface area contributed by atoms with Crippen molar-refractivity contribution < 1.29 is 23.1 Å². The van der Waals surface area contributed by atoms with Gasteiger partial charge in [-0.3, -0.25) is 0 Å². The molecule has 0 aliphatic carbocycles. The molecule has 2 atom stereocenters. The second-order valence-electron chi connectivity index (χ2n) is 6.47. The Hall–Kier alpha value is -0.820. The number of carbonyl (C=O) groups is 1. The number of aliphatic hydroxyl groups is 1. The largest absolute Gasteiger partial charge is 0.444 e. The maximum Gasteiger partial charge on any atom is 0.410 e. The minimum atomic E-state index is -3.10. The molecule has 0 radical (unpaired) electrons. The predicted octanol–water partition coefficient (Wildman–Crippen LogP) is 0.259. The highest BCUT2D eigenvalue weighted by Crippen LogP contribution is 2.31. The first-order chi connectivity index (χ1) is 8.57. The second-order valence-corrected chi connectivity index (χ2v) is 8.63. The van der Waals surface area contributed by atoms with Gasteiger partial charge < -0.3 is 14.7 Å². The van der Waals surface area contributed by atoms with Gasteiger partial charge >= 0.3 is 6.09 Å². The Morgan fingerprint density at radius 2 is 1.68 bits per heavy atom. The Kier molecular flexibility index (Phi) is 3.55. The van der Waals surface area contributed by atoms with Crippen LogP contribution in [0.1, 0.15) is 20.8 Å². The quantitative estimate of drug-likeness (QED) is 0.692. The van der Waals surface area contributed by atoms with Crippen LogP contribution in [0.2, 0.25) is 0 Å². The van der Waals surface area contributed by atoms with Crippen molar-refractivity contribution in [3.8, 4) is 0 Å². The van der Waals surface area contributed by atoms with Crippen molar-refractivity contribution in [2.75, 3.05) is 24.6 Å². The molecule has 2 rings (SSSR count). The van der Waals surface area contributed by atoms with Crippen molar-refractivity contribution in [3.05, 3.63) is 0 Å². The smallest absolute Gasteiger partial charge is 0.410 e. The third-order valence-corrected chi connectivity index (χ3v) is 5.34. The SMILES string of the molecule is CC(C)(C)OC(=O)N1CC2CS(=O)(=O)CC(C1)C2O. The molecule has 7 heteroatoms. The highest BCUT2D eigenvalue weighted by Gasteiger charge is 2.46. The van der Waals surface area contributed by atoms with E-state index in [1.807, 2.05) is 0 Å². The molecule has 2 saturated heterocycles. The lowest BCUT2D eigenvalue weighted by atomic mass is 9.88. The number of aliphatic hydroxyl groups excluding tert-OH is 1. The minimum Gasteiger partial charge on any atom is -0.444 e. The van der Waals surface area contributed by atoms with Crippen molar-refractivity contribution in [1.82, 2.24) is 4.90 Å². The fourth-order valence-corrected chi connectivity index (χ4v) is 4.79. The molecule has 2 unspecified atom stereocenters. The van der Waals surface area contributed by atoms with E-state index in [2.05, 4.69) is 0 Å². The zero-order valence-electron chi connectivity index (χ0n) is 11.5. The number of likely N-dealkylation sites (tertiary alicyclic amines) is 1. The summed E-state index contributed by atoms with van der Waals surface area (Å²) in [6.45, 7) is 5.84. The average molecular weight is 291 g/mol. The summed E-state index contributed by atoms with van der Waals surface area (Å²) in [6.07, 6.45) is -1.07. The molecular weight excluding hydrogens is 270 g/mol. The van der Waals surface area contributed by atoms with Crippen LogP contribution in [0.4, 0.5) is 4.79 Å². The molecule has 2 aliphatic heterocycles. The van der Waals surface area contributed by atoms with Gasteiger partial charge in [0.1, 0.15) is 5.60 Å². The van der Waals surface area contributed by atoms with E-state index in [1.165, 1.54) is 4.90 Å². The van der Waals surface area contributed by atoms with E-state index in [0.29, 0.717) is 0 Å². The van der Waals surface area contributed by atoms with E-state index >= 15 is 0 Å². The molecule has 110 valence electrons. The predicted molar refractivity (Wildman–Crippen MR) is 69.4 cm³/mol. The van der Waals surface area contributed by atoms with E-state index in [4.69, 9.17) is 4.74 Å². The van der Waals surface area contributed by atoms with Gasteiger partial charge in [0.2, 0.25) is 0 Å². The Balaban J connectivity index is 2.08. The normalized spacial score (nSPS) is 33.9. The third kappa shape index (κ3) is 3.39. The van der Waals surface area contributed by atoms with Crippen LogP contribution >= 0.6 is 0 Å². The lowest BCUT2D eigenvalue weighted by Gasteiger charge is -2.44. The van der Waals surface area contributed by atoms with Crippen molar-refractivity contribution in [2.45, 2.75) is 32.5 Å². The first-order valence-electron chi connectivity index (χ1n) is 6.44. The van der Waals surface area contributed by atoms with Gasteiger partial charge in [0.15, 0.2) is 9.84 Å². The van der Waals surface area contributed by atoms with Crippen LogP contribution < -0.4 is 0 Å². The molecule has 2 aliphatic rings. The lowest BCUT2D eigenvalue weighted by molar-refractivity contribution is -0.0289. The summed E-state index contributed by atoms with van der Waals surface area (Å²) in [6, 6.07) is 0. The zero-order valence-corrected chi connectivity index (χ0v) is 12.3. The first kappa shape index (κ1) is 14.6. The van der Waals surface area contributed by atoms with Gasteiger partial charge in [-0.05, 0) is 20.8 Å². The van der Waals surface area contributed by atoms with Crippen LogP contribution in [0, 0.1) is 11.8 Å². The molecule has 1 amide bonds. The van der Waals surface area contributed by atoms with Gasteiger partial charge in [-0.15, -0.1) is 0 Å². The van der Waals surface area contributed by atoms with Gasteiger partial charge in [0, 0.05) is 24.9 Å². The number of carbonyl (C=O) groups excluding carboxylic acids is 1. The fourth-order valence-electron chi connectivity index (χ4n) is 2.74. The van der Waals surface area contributed by atoms with E-state index in [1.54, 1.807) is 20.8 Å². The van der Waals surface area contributed by atoms with Gasteiger partial charge in [-0.2, -0.15) is 0 Å². The molecule has 0 aromatic carbocycles. The monoisotopic (exact) mass is 291 g/mol. The molecule has 1 N–H and O–H groups in total. The van der Waals surface area contributed by atoms with E-state index in [0.717, 1.165) is 0 Å². The van der Waals surface area contributed by atoms with Crippen molar-refractivity contribution in [2.24, 2.45) is 11.8 Å². The van der Waals surface area contributed by atoms with Crippen LogP contribution in [0.3, 0.4) is 0 Å². The number of hydrogen-bond acceptors (Lipinski definition) is 5. The molecular formula is C12H21NO5S. The molecule has 2 bridgehead atoms. The minimum absolute atomic E-state index is 0.0516. The van der Waals surface area contributed by atoms with E-state index in [9.17, 15) is 18.3 Å². The number of ether oxygens (including phenoxy) is 1. The van der Waals surface area contributed by atoms with Crippen LogP contribution in [0.25, 0.3) is 0 Å². The maximum absolute atomic E-state index is 12.0. The molecule has 2 heterocycles. The number of fused-ring (bicyclic) bond motifs is 2. The summed E-state index contributed by atoms with van der Waals surface area (Å²) in [7, 11) is -3.10. The first-order valence-corrected chi connectivity index (χ1v) is 8.26. The number of piperidine rings is 1. The highest BCUT2D eigenvalue weighted by molar-refractivity contribution is 7.91. The van der Waals surface area contributed by atoms with Crippen LogP contribution in [-0.4, -0.2) is 60.8 Å². The Morgan fingerprint density at radius 1 is 1.21 bits per heavy atom. The highest BCUT2D eigenvalue weighted by atomic mass is 32.2. The molecule has 0 saturated carbocycles. The lowest BCUT2D eigenvalue weighted by Crippen LogP contribution is -2.58. The van der Waals surface area contributed by atoms with E-state index < -0.39 is 39.5 Å². The molecule has 0 spiro atoms. The van der Waals surface area contributed by atoms with Gasteiger partial charge in [-0.25, -0.2) is 13.2 Å². The van der Waals surface area contributed by atoms with Gasteiger partial charge in [0.05, 0.1) is 17.6 Å². The summed E-state index contributed by atoms with van der Waals surface area (Å²) in [5.74, 6) is -0.900. The summed E-state index contributed by atoms with van der Waals surface area (Å²) >= 11 is 0. The van der Waals surface area contributed by atoms with Crippen LogP contribution in [0.15, 0.2) is 0 Å².